The molecule has 0 radical (unpaired) electrons. The Morgan fingerprint density at radius 3 is 2.09 bits per heavy atom. The summed E-state index contributed by atoms with van der Waals surface area (Å²) in [5.41, 5.74) is 3.10. The molecule has 1 rings (SSSR count). The first-order valence-corrected chi connectivity index (χ1v) is 9.43. The number of hydrogen-bond donors (Lipinski definition) is 0. The number of rotatable bonds is 9. The van der Waals surface area contributed by atoms with Gasteiger partial charge in [-0.3, -0.25) is 0 Å². The van der Waals surface area contributed by atoms with E-state index in [4.69, 9.17) is 0 Å². The van der Waals surface area contributed by atoms with E-state index in [1.54, 1.807) is 11.1 Å². The second kappa shape index (κ2) is 9.38. The summed E-state index contributed by atoms with van der Waals surface area (Å²) < 4.78 is 0. The second-order valence-electron chi connectivity index (χ2n) is 8.22. The van der Waals surface area contributed by atoms with Crippen LogP contribution in [0.15, 0.2) is 24.3 Å². The van der Waals surface area contributed by atoms with Crippen LogP contribution in [0.2, 0.25) is 0 Å². The minimum atomic E-state index is 0.698. The van der Waals surface area contributed by atoms with Crippen molar-refractivity contribution < 1.29 is 0 Å². The largest absolute Gasteiger partial charge is 0.0654 e. The molecule has 0 nitrogen and oxygen atoms in total. The predicted octanol–water partition coefficient (Wildman–Crippen LogP) is 7.09. The minimum Gasteiger partial charge on any atom is -0.0654 e. The molecule has 0 saturated heterocycles. The maximum atomic E-state index is 2.50. The van der Waals surface area contributed by atoms with Gasteiger partial charge >= 0.3 is 0 Å². The van der Waals surface area contributed by atoms with E-state index < -0.39 is 0 Å². The molecule has 0 aliphatic rings. The zero-order chi connectivity index (χ0) is 16.7. The van der Waals surface area contributed by atoms with Crippen LogP contribution < -0.4 is 0 Å². The van der Waals surface area contributed by atoms with E-state index in [0.29, 0.717) is 11.8 Å². The molecule has 2 atom stereocenters. The van der Waals surface area contributed by atoms with Crippen LogP contribution in [0.25, 0.3) is 0 Å². The molecule has 22 heavy (non-hydrogen) atoms. The number of benzene rings is 1. The average Bonchev–Trinajstić information content (AvgIpc) is 2.44. The lowest BCUT2D eigenvalue weighted by Gasteiger charge is -2.25. The molecule has 0 fully saturated rings. The van der Waals surface area contributed by atoms with Gasteiger partial charge in [0.25, 0.3) is 0 Å². The molecule has 0 saturated carbocycles. The molecule has 0 amide bonds. The average molecular weight is 303 g/mol. The highest BCUT2D eigenvalue weighted by Gasteiger charge is 2.19. The molecule has 0 aliphatic carbocycles. The molecular formula is C22H38. The van der Waals surface area contributed by atoms with Crippen LogP contribution in [0, 0.1) is 23.7 Å². The van der Waals surface area contributed by atoms with E-state index in [1.807, 2.05) is 0 Å². The zero-order valence-corrected chi connectivity index (χ0v) is 16.0. The topological polar surface area (TPSA) is 0 Å². The van der Waals surface area contributed by atoms with Crippen LogP contribution in [-0.2, 0) is 6.42 Å². The Labute approximate surface area is 139 Å². The van der Waals surface area contributed by atoms with Crippen molar-refractivity contribution in [3.63, 3.8) is 0 Å². The first kappa shape index (κ1) is 19.3. The molecular weight excluding hydrogens is 264 g/mol. The van der Waals surface area contributed by atoms with Gasteiger partial charge < -0.3 is 0 Å². The van der Waals surface area contributed by atoms with Crippen LogP contribution in [0.5, 0.6) is 0 Å². The van der Waals surface area contributed by atoms with Crippen molar-refractivity contribution in [3.05, 3.63) is 35.4 Å². The van der Waals surface area contributed by atoms with Crippen molar-refractivity contribution in [3.8, 4) is 0 Å². The molecule has 2 unspecified atom stereocenters. The van der Waals surface area contributed by atoms with E-state index in [0.717, 1.165) is 17.8 Å². The summed E-state index contributed by atoms with van der Waals surface area (Å²) in [5.74, 6) is 3.78. The fourth-order valence-electron chi connectivity index (χ4n) is 3.60. The molecule has 1 aromatic carbocycles. The fourth-order valence-corrected chi connectivity index (χ4v) is 3.60. The van der Waals surface area contributed by atoms with E-state index in [-0.39, 0.29) is 0 Å². The Kier molecular flexibility index (Phi) is 8.21. The van der Waals surface area contributed by atoms with Crippen LogP contribution in [0.4, 0.5) is 0 Å². The Morgan fingerprint density at radius 1 is 0.909 bits per heavy atom. The zero-order valence-electron chi connectivity index (χ0n) is 16.0. The Hall–Kier alpha value is -0.780. The lowest BCUT2D eigenvalue weighted by atomic mass is 9.80. The lowest BCUT2D eigenvalue weighted by molar-refractivity contribution is 0.353. The van der Waals surface area contributed by atoms with E-state index in [1.165, 1.54) is 25.7 Å². The van der Waals surface area contributed by atoms with Gasteiger partial charge in [0.05, 0.1) is 0 Å². The highest BCUT2D eigenvalue weighted by atomic mass is 14.2. The molecule has 0 aliphatic heterocycles. The van der Waals surface area contributed by atoms with Gasteiger partial charge in [-0.15, -0.1) is 0 Å². The standard InChI is InChI=1S/C22H38/c1-8-10-20(17(4)5)14-19-11-9-12-21(15-19)22(18(6)7)13-16(2)3/h9,11-12,15-18,20,22H,8,10,13-14H2,1-7H3. The van der Waals surface area contributed by atoms with Crippen molar-refractivity contribution in [2.45, 2.75) is 80.1 Å². The molecule has 0 N–H and O–H groups in total. The second-order valence-corrected chi connectivity index (χ2v) is 8.22. The van der Waals surface area contributed by atoms with Gasteiger partial charge in [0.15, 0.2) is 0 Å². The predicted molar refractivity (Wildman–Crippen MR) is 100 cm³/mol. The van der Waals surface area contributed by atoms with Gasteiger partial charge in [-0.1, -0.05) is 85.6 Å². The van der Waals surface area contributed by atoms with E-state index >= 15 is 0 Å². The minimum absolute atomic E-state index is 0.698. The van der Waals surface area contributed by atoms with Crippen LogP contribution >= 0.6 is 0 Å². The smallest absolute Gasteiger partial charge is 0.0136 e. The summed E-state index contributed by atoms with van der Waals surface area (Å²) >= 11 is 0. The van der Waals surface area contributed by atoms with Crippen molar-refractivity contribution in [2.75, 3.05) is 0 Å². The maximum absolute atomic E-state index is 2.50. The third-order valence-electron chi connectivity index (χ3n) is 5.01. The van der Waals surface area contributed by atoms with Gasteiger partial charge in [-0.05, 0) is 53.6 Å². The Balaban J connectivity index is 2.91. The summed E-state index contributed by atoms with van der Waals surface area (Å²) in [7, 11) is 0. The maximum Gasteiger partial charge on any atom is -0.0136 e. The molecule has 1 aromatic rings. The quantitative estimate of drug-likeness (QED) is 0.457. The van der Waals surface area contributed by atoms with Gasteiger partial charge in [0, 0.05) is 0 Å². The molecule has 126 valence electrons. The molecule has 0 bridgehead atoms. The van der Waals surface area contributed by atoms with Crippen molar-refractivity contribution in [1.29, 1.82) is 0 Å². The Bertz CT molecular complexity index is 414. The highest BCUT2D eigenvalue weighted by molar-refractivity contribution is 5.27. The normalized spacial score (nSPS) is 14.8. The van der Waals surface area contributed by atoms with Crippen molar-refractivity contribution in [2.24, 2.45) is 23.7 Å². The lowest BCUT2D eigenvalue weighted by Crippen LogP contribution is -2.13. The van der Waals surface area contributed by atoms with Crippen LogP contribution in [0.1, 0.15) is 84.8 Å². The van der Waals surface area contributed by atoms with Gasteiger partial charge in [-0.2, -0.15) is 0 Å². The summed E-state index contributed by atoms with van der Waals surface area (Å²) in [6.07, 6.45) is 5.18. The highest BCUT2D eigenvalue weighted by Crippen LogP contribution is 2.32. The van der Waals surface area contributed by atoms with E-state index in [2.05, 4.69) is 72.7 Å². The first-order chi connectivity index (χ1) is 10.3. The molecule has 0 spiro atoms. The molecule has 0 aromatic heterocycles. The molecule has 0 heteroatoms. The summed E-state index contributed by atoms with van der Waals surface area (Å²) in [6, 6.07) is 9.46. The number of hydrogen-bond acceptors (Lipinski definition) is 0. The fraction of sp³-hybridized carbons (Fsp3) is 0.727. The van der Waals surface area contributed by atoms with Crippen LogP contribution in [0.3, 0.4) is 0 Å². The summed E-state index contributed by atoms with van der Waals surface area (Å²) in [5, 5.41) is 0. The Morgan fingerprint density at radius 2 is 1.59 bits per heavy atom. The van der Waals surface area contributed by atoms with Crippen LogP contribution in [-0.4, -0.2) is 0 Å². The molecule has 0 heterocycles. The van der Waals surface area contributed by atoms with Gasteiger partial charge in [-0.25, -0.2) is 0 Å². The SMILES string of the molecule is CCCC(Cc1cccc(C(CC(C)C)C(C)C)c1)C(C)C. The summed E-state index contributed by atoms with van der Waals surface area (Å²) in [6.45, 7) is 16.5. The van der Waals surface area contributed by atoms with Crippen molar-refractivity contribution >= 4 is 0 Å². The van der Waals surface area contributed by atoms with E-state index in [9.17, 15) is 0 Å². The third-order valence-corrected chi connectivity index (χ3v) is 5.01. The third kappa shape index (κ3) is 6.15. The summed E-state index contributed by atoms with van der Waals surface area (Å²) in [4.78, 5) is 0. The monoisotopic (exact) mass is 302 g/mol. The van der Waals surface area contributed by atoms with Gasteiger partial charge in [0.2, 0.25) is 0 Å². The van der Waals surface area contributed by atoms with Crippen molar-refractivity contribution in [1.82, 2.24) is 0 Å². The van der Waals surface area contributed by atoms with Gasteiger partial charge in [0.1, 0.15) is 0 Å². The first-order valence-electron chi connectivity index (χ1n) is 9.43.